The van der Waals surface area contributed by atoms with Gasteiger partial charge in [0.05, 0.1) is 17.2 Å². The van der Waals surface area contributed by atoms with Gasteiger partial charge in [0, 0.05) is 23.8 Å². The zero-order chi connectivity index (χ0) is 21.9. The molecule has 1 N–H and O–H groups in total. The standard InChI is InChI=1S/C20H20ClF3N2O3S/c21-17-7-3-14(4-8-17)13-30(28,29)26-11-1-2-15(12-26)19(27)25-18-9-5-16(6-10-18)20(22,23)24/h3-10,15H,1-2,11-13H2,(H,25,27)/t15-/m0/s1. The molecule has 1 amide bonds. The maximum Gasteiger partial charge on any atom is 0.416 e. The number of hydrogen-bond donors (Lipinski definition) is 1. The second kappa shape index (κ2) is 8.95. The molecular formula is C20H20ClF3N2O3S. The van der Waals surface area contributed by atoms with Crippen LogP contribution in [0, 0.1) is 5.92 Å². The molecule has 1 atom stereocenters. The fraction of sp³-hybridized carbons (Fsp3) is 0.350. The molecule has 1 aliphatic heterocycles. The van der Waals surface area contributed by atoms with Gasteiger partial charge in [0.2, 0.25) is 15.9 Å². The summed E-state index contributed by atoms with van der Waals surface area (Å²) in [6.07, 6.45) is -3.44. The van der Waals surface area contributed by atoms with Crippen molar-refractivity contribution in [1.29, 1.82) is 0 Å². The van der Waals surface area contributed by atoms with Gasteiger partial charge >= 0.3 is 6.18 Å². The van der Waals surface area contributed by atoms with Crippen LogP contribution in [-0.2, 0) is 26.7 Å². The van der Waals surface area contributed by atoms with Crippen LogP contribution >= 0.6 is 11.6 Å². The quantitative estimate of drug-likeness (QED) is 0.712. The van der Waals surface area contributed by atoms with Gasteiger partial charge in [-0.25, -0.2) is 12.7 Å². The molecule has 10 heteroatoms. The van der Waals surface area contributed by atoms with Crippen molar-refractivity contribution >= 4 is 33.2 Å². The maximum absolute atomic E-state index is 12.8. The summed E-state index contributed by atoms with van der Waals surface area (Å²) in [4.78, 5) is 12.5. The van der Waals surface area contributed by atoms with Gasteiger partial charge in [-0.3, -0.25) is 4.79 Å². The lowest BCUT2D eigenvalue weighted by molar-refractivity contribution is -0.137. The van der Waals surface area contributed by atoms with E-state index in [2.05, 4.69) is 5.32 Å². The maximum atomic E-state index is 12.8. The van der Waals surface area contributed by atoms with E-state index in [1.165, 1.54) is 16.4 Å². The topological polar surface area (TPSA) is 66.5 Å². The van der Waals surface area contributed by atoms with E-state index < -0.39 is 33.6 Å². The molecule has 30 heavy (non-hydrogen) atoms. The highest BCUT2D eigenvalue weighted by atomic mass is 35.5. The van der Waals surface area contributed by atoms with Gasteiger partial charge in [-0.05, 0) is 54.8 Å². The fourth-order valence-electron chi connectivity index (χ4n) is 3.28. The number of carbonyl (C=O) groups excluding carboxylic acids is 1. The second-order valence-corrected chi connectivity index (χ2v) is 9.55. The number of carbonyl (C=O) groups is 1. The number of hydrogen-bond acceptors (Lipinski definition) is 3. The SMILES string of the molecule is O=C(Nc1ccc(C(F)(F)F)cc1)[C@H]1CCCN(S(=O)(=O)Cc2ccc(Cl)cc2)C1. The number of nitrogens with one attached hydrogen (secondary N) is 1. The summed E-state index contributed by atoms with van der Waals surface area (Å²) in [6, 6.07) is 10.6. The van der Waals surface area contributed by atoms with E-state index in [9.17, 15) is 26.4 Å². The van der Waals surface area contributed by atoms with E-state index in [1.54, 1.807) is 24.3 Å². The molecule has 0 aliphatic carbocycles. The van der Waals surface area contributed by atoms with E-state index in [0.717, 1.165) is 12.1 Å². The fourth-order valence-corrected chi connectivity index (χ4v) is 5.02. The number of halogens is 4. The average Bonchev–Trinajstić information content (AvgIpc) is 2.69. The van der Waals surface area contributed by atoms with Gasteiger partial charge in [0.1, 0.15) is 0 Å². The first kappa shape index (κ1) is 22.6. The van der Waals surface area contributed by atoms with E-state index in [-0.39, 0.29) is 18.0 Å². The van der Waals surface area contributed by atoms with Gasteiger partial charge in [-0.2, -0.15) is 13.2 Å². The summed E-state index contributed by atoms with van der Waals surface area (Å²) in [5.41, 5.74) is 0.0162. The van der Waals surface area contributed by atoms with Crippen molar-refractivity contribution in [2.24, 2.45) is 5.92 Å². The highest BCUT2D eigenvalue weighted by Gasteiger charge is 2.33. The van der Waals surface area contributed by atoms with Crippen LogP contribution < -0.4 is 5.32 Å². The van der Waals surface area contributed by atoms with Crippen LogP contribution in [-0.4, -0.2) is 31.7 Å². The second-order valence-electron chi connectivity index (χ2n) is 7.14. The van der Waals surface area contributed by atoms with E-state index in [4.69, 9.17) is 11.6 Å². The highest BCUT2D eigenvalue weighted by Crippen LogP contribution is 2.30. The largest absolute Gasteiger partial charge is 0.416 e. The van der Waals surface area contributed by atoms with Crippen molar-refractivity contribution in [3.8, 4) is 0 Å². The van der Waals surface area contributed by atoms with Crippen LogP contribution in [0.4, 0.5) is 18.9 Å². The molecule has 1 saturated heterocycles. The molecule has 3 rings (SSSR count). The first-order valence-corrected chi connectivity index (χ1v) is 11.2. The van der Waals surface area contributed by atoms with Crippen LogP contribution in [0.5, 0.6) is 0 Å². The van der Waals surface area contributed by atoms with Gasteiger partial charge in [0.25, 0.3) is 0 Å². The third kappa shape index (κ3) is 5.74. The van der Waals surface area contributed by atoms with Crippen LogP contribution in [0.1, 0.15) is 24.0 Å². The highest BCUT2D eigenvalue weighted by molar-refractivity contribution is 7.88. The summed E-state index contributed by atoms with van der Waals surface area (Å²) < 4.78 is 64.7. The van der Waals surface area contributed by atoms with Gasteiger partial charge in [-0.1, -0.05) is 23.7 Å². The summed E-state index contributed by atoms with van der Waals surface area (Å²) in [7, 11) is -3.63. The third-order valence-electron chi connectivity index (χ3n) is 4.89. The number of sulfonamides is 1. The Kier molecular flexibility index (Phi) is 6.74. The number of anilines is 1. The molecule has 0 aromatic heterocycles. The molecule has 162 valence electrons. The van der Waals surface area contributed by atoms with Crippen LogP contribution in [0.25, 0.3) is 0 Å². The monoisotopic (exact) mass is 460 g/mol. The van der Waals surface area contributed by atoms with Crippen LogP contribution in [0.3, 0.4) is 0 Å². The molecule has 5 nitrogen and oxygen atoms in total. The summed E-state index contributed by atoms with van der Waals surface area (Å²) in [5, 5.41) is 3.08. The molecule has 2 aromatic carbocycles. The Morgan fingerprint density at radius 1 is 1.10 bits per heavy atom. The lowest BCUT2D eigenvalue weighted by Crippen LogP contribution is -2.44. The Labute approximate surface area is 177 Å². The molecule has 0 saturated carbocycles. The van der Waals surface area contributed by atoms with E-state index in [1.807, 2.05) is 0 Å². The summed E-state index contributed by atoms with van der Waals surface area (Å²) >= 11 is 5.82. The number of benzene rings is 2. The third-order valence-corrected chi connectivity index (χ3v) is 6.96. The number of nitrogens with zero attached hydrogens (tertiary/aromatic N) is 1. The molecule has 0 unspecified atom stereocenters. The summed E-state index contributed by atoms with van der Waals surface area (Å²) in [6.45, 7) is 0.350. The minimum Gasteiger partial charge on any atom is -0.326 e. The van der Waals surface area contributed by atoms with Crippen molar-refractivity contribution in [3.63, 3.8) is 0 Å². The predicted molar refractivity (Wildman–Crippen MR) is 108 cm³/mol. The Morgan fingerprint density at radius 2 is 1.73 bits per heavy atom. The predicted octanol–water partition coefficient (Wildman–Crippen LogP) is 4.54. The zero-order valence-electron chi connectivity index (χ0n) is 15.8. The van der Waals surface area contributed by atoms with Crippen molar-refractivity contribution in [1.82, 2.24) is 4.31 Å². The van der Waals surface area contributed by atoms with Gasteiger partial charge in [-0.15, -0.1) is 0 Å². The van der Waals surface area contributed by atoms with Crippen LogP contribution in [0.15, 0.2) is 48.5 Å². The summed E-state index contributed by atoms with van der Waals surface area (Å²) in [5.74, 6) is -1.19. The zero-order valence-corrected chi connectivity index (χ0v) is 17.4. The molecule has 0 radical (unpaired) electrons. The van der Waals surface area contributed by atoms with Crippen LogP contribution in [0.2, 0.25) is 5.02 Å². The van der Waals surface area contributed by atoms with Crippen molar-refractivity contribution < 1.29 is 26.4 Å². The normalized spacial score (nSPS) is 18.2. The lowest BCUT2D eigenvalue weighted by atomic mass is 9.98. The number of rotatable bonds is 5. The number of alkyl halides is 3. The van der Waals surface area contributed by atoms with Crippen molar-refractivity contribution in [2.75, 3.05) is 18.4 Å². The Balaban J connectivity index is 1.63. The molecular weight excluding hydrogens is 441 g/mol. The minimum absolute atomic E-state index is 0.0301. The van der Waals surface area contributed by atoms with E-state index in [0.29, 0.717) is 30.0 Å². The Hall–Kier alpha value is -2.10. The molecule has 1 heterocycles. The van der Waals surface area contributed by atoms with E-state index >= 15 is 0 Å². The van der Waals surface area contributed by atoms with Crippen molar-refractivity contribution in [3.05, 3.63) is 64.7 Å². The Morgan fingerprint density at radius 3 is 2.33 bits per heavy atom. The molecule has 1 aliphatic rings. The van der Waals surface area contributed by atoms with Gasteiger partial charge in [0.15, 0.2) is 0 Å². The molecule has 2 aromatic rings. The average molecular weight is 461 g/mol. The minimum atomic E-state index is -4.45. The number of piperidine rings is 1. The van der Waals surface area contributed by atoms with Gasteiger partial charge < -0.3 is 5.32 Å². The molecule has 0 bridgehead atoms. The molecule has 0 spiro atoms. The van der Waals surface area contributed by atoms with Crippen molar-refractivity contribution in [2.45, 2.75) is 24.8 Å². The smallest absolute Gasteiger partial charge is 0.326 e. The first-order valence-electron chi connectivity index (χ1n) is 9.25. The first-order chi connectivity index (χ1) is 14.0. The number of amides is 1. The lowest BCUT2D eigenvalue weighted by Gasteiger charge is -2.31. The Bertz CT molecular complexity index is 993. The molecule has 1 fully saturated rings.